The Morgan fingerprint density at radius 3 is 2.83 bits per heavy atom. The molecule has 0 radical (unpaired) electrons. The summed E-state index contributed by atoms with van der Waals surface area (Å²) in [6.07, 6.45) is 7.24. The van der Waals surface area contributed by atoms with Crippen LogP contribution in [0.5, 0.6) is 5.75 Å². The van der Waals surface area contributed by atoms with Crippen LogP contribution in [0.15, 0.2) is 48.8 Å². The maximum atomic E-state index is 5.86. The van der Waals surface area contributed by atoms with Crippen molar-refractivity contribution in [1.82, 2.24) is 4.98 Å². The van der Waals surface area contributed by atoms with Crippen molar-refractivity contribution in [2.24, 2.45) is 0 Å². The zero-order valence-corrected chi connectivity index (χ0v) is 10.4. The van der Waals surface area contributed by atoms with Gasteiger partial charge in [-0.25, -0.2) is 0 Å². The van der Waals surface area contributed by atoms with E-state index in [0.29, 0.717) is 5.92 Å². The monoisotopic (exact) mass is 239 g/mol. The van der Waals surface area contributed by atoms with Crippen molar-refractivity contribution < 1.29 is 4.74 Å². The molecule has 0 fully saturated rings. The molecule has 1 unspecified atom stereocenters. The van der Waals surface area contributed by atoms with Gasteiger partial charge >= 0.3 is 0 Å². The number of rotatable bonds is 3. The smallest absolute Gasteiger partial charge is 0.122 e. The number of aryl methyl sites for hydroxylation is 1. The summed E-state index contributed by atoms with van der Waals surface area (Å²) in [6.45, 7) is 0.765. The maximum Gasteiger partial charge on any atom is 0.122 e. The first-order valence-electron chi connectivity index (χ1n) is 6.54. The van der Waals surface area contributed by atoms with E-state index in [1.54, 1.807) is 12.4 Å². The molecule has 1 aliphatic carbocycles. The maximum absolute atomic E-state index is 5.86. The molecule has 1 aromatic heterocycles. The highest BCUT2D eigenvalue weighted by Crippen LogP contribution is 2.31. The Labute approximate surface area is 108 Å². The SMILES string of the molecule is c1ccc2c(c1)CCCC2COc1ccncc1. The van der Waals surface area contributed by atoms with Crippen molar-refractivity contribution >= 4 is 0 Å². The largest absolute Gasteiger partial charge is 0.493 e. The third-order valence-electron chi connectivity index (χ3n) is 3.59. The Hall–Kier alpha value is -1.83. The number of nitrogens with zero attached hydrogens (tertiary/aromatic N) is 1. The third kappa shape index (κ3) is 2.37. The second-order valence-corrected chi connectivity index (χ2v) is 4.78. The predicted molar refractivity (Wildman–Crippen MR) is 71.9 cm³/mol. The second-order valence-electron chi connectivity index (χ2n) is 4.78. The minimum atomic E-state index is 0.531. The highest BCUT2D eigenvalue weighted by molar-refractivity contribution is 5.32. The number of ether oxygens (including phenoxy) is 1. The summed E-state index contributed by atoms with van der Waals surface area (Å²) >= 11 is 0. The first kappa shape index (κ1) is 11.3. The van der Waals surface area contributed by atoms with E-state index in [4.69, 9.17) is 4.74 Å². The lowest BCUT2D eigenvalue weighted by atomic mass is 9.83. The van der Waals surface area contributed by atoms with Gasteiger partial charge in [-0.05, 0) is 42.5 Å². The van der Waals surface area contributed by atoms with Crippen molar-refractivity contribution in [2.45, 2.75) is 25.2 Å². The summed E-state index contributed by atoms with van der Waals surface area (Å²) in [7, 11) is 0. The topological polar surface area (TPSA) is 22.1 Å². The molecule has 2 aromatic rings. The molecule has 1 aliphatic rings. The van der Waals surface area contributed by atoms with Gasteiger partial charge in [0.1, 0.15) is 5.75 Å². The van der Waals surface area contributed by atoms with Gasteiger partial charge in [-0.1, -0.05) is 24.3 Å². The lowest BCUT2D eigenvalue weighted by Crippen LogP contribution is -2.16. The summed E-state index contributed by atoms with van der Waals surface area (Å²) in [5.74, 6) is 1.44. The fourth-order valence-electron chi connectivity index (χ4n) is 2.66. The van der Waals surface area contributed by atoms with Gasteiger partial charge in [0.15, 0.2) is 0 Å². The molecule has 1 heterocycles. The van der Waals surface area contributed by atoms with Crippen LogP contribution in [-0.2, 0) is 6.42 Å². The summed E-state index contributed by atoms with van der Waals surface area (Å²) in [6, 6.07) is 12.6. The van der Waals surface area contributed by atoms with Crippen LogP contribution in [0.2, 0.25) is 0 Å². The van der Waals surface area contributed by atoms with Gasteiger partial charge in [-0.2, -0.15) is 0 Å². The molecular formula is C16H17NO. The predicted octanol–water partition coefficient (Wildman–Crippen LogP) is 3.58. The minimum absolute atomic E-state index is 0.531. The molecule has 0 spiro atoms. The average molecular weight is 239 g/mol. The highest BCUT2D eigenvalue weighted by atomic mass is 16.5. The zero-order valence-electron chi connectivity index (χ0n) is 10.4. The second kappa shape index (κ2) is 5.21. The number of fused-ring (bicyclic) bond motifs is 1. The summed E-state index contributed by atoms with van der Waals surface area (Å²) in [5.41, 5.74) is 2.96. The van der Waals surface area contributed by atoms with Crippen LogP contribution in [0.3, 0.4) is 0 Å². The normalized spacial score (nSPS) is 18.1. The van der Waals surface area contributed by atoms with Crippen LogP contribution >= 0.6 is 0 Å². The van der Waals surface area contributed by atoms with Crippen LogP contribution in [0.1, 0.15) is 29.9 Å². The van der Waals surface area contributed by atoms with E-state index in [9.17, 15) is 0 Å². The summed E-state index contributed by atoms with van der Waals surface area (Å²) < 4.78 is 5.86. The molecular weight excluding hydrogens is 222 g/mol. The molecule has 18 heavy (non-hydrogen) atoms. The Morgan fingerprint density at radius 1 is 1.11 bits per heavy atom. The molecule has 1 atom stereocenters. The Bertz CT molecular complexity index is 510. The number of pyridine rings is 1. The van der Waals surface area contributed by atoms with Crippen molar-refractivity contribution in [3.8, 4) is 5.75 Å². The summed E-state index contributed by atoms with van der Waals surface area (Å²) in [5, 5.41) is 0. The zero-order chi connectivity index (χ0) is 12.2. The van der Waals surface area contributed by atoms with E-state index >= 15 is 0 Å². The Balaban J connectivity index is 1.71. The molecule has 0 amide bonds. The Morgan fingerprint density at radius 2 is 1.94 bits per heavy atom. The number of hydrogen-bond donors (Lipinski definition) is 0. The van der Waals surface area contributed by atoms with E-state index in [1.165, 1.54) is 30.4 Å². The number of benzene rings is 1. The van der Waals surface area contributed by atoms with Crippen molar-refractivity contribution in [3.05, 3.63) is 59.9 Å². The molecule has 2 nitrogen and oxygen atoms in total. The molecule has 0 bridgehead atoms. The van der Waals surface area contributed by atoms with Gasteiger partial charge in [0, 0.05) is 18.3 Å². The average Bonchev–Trinajstić information content (AvgIpc) is 2.46. The van der Waals surface area contributed by atoms with Gasteiger partial charge in [0.2, 0.25) is 0 Å². The Kier molecular flexibility index (Phi) is 3.26. The van der Waals surface area contributed by atoms with E-state index in [2.05, 4.69) is 29.2 Å². The fourth-order valence-corrected chi connectivity index (χ4v) is 2.66. The first-order chi connectivity index (χ1) is 8.93. The van der Waals surface area contributed by atoms with E-state index in [1.807, 2.05) is 12.1 Å². The quantitative estimate of drug-likeness (QED) is 0.816. The van der Waals surface area contributed by atoms with Crippen molar-refractivity contribution in [3.63, 3.8) is 0 Å². The number of hydrogen-bond acceptors (Lipinski definition) is 2. The molecule has 0 saturated heterocycles. The van der Waals surface area contributed by atoms with Crippen molar-refractivity contribution in [1.29, 1.82) is 0 Å². The van der Waals surface area contributed by atoms with Gasteiger partial charge in [0.05, 0.1) is 6.61 Å². The van der Waals surface area contributed by atoms with Crippen LogP contribution in [-0.4, -0.2) is 11.6 Å². The molecule has 0 aliphatic heterocycles. The van der Waals surface area contributed by atoms with Crippen LogP contribution < -0.4 is 4.74 Å². The lowest BCUT2D eigenvalue weighted by Gasteiger charge is -2.25. The van der Waals surface area contributed by atoms with E-state index in [0.717, 1.165) is 12.4 Å². The molecule has 92 valence electrons. The van der Waals surface area contributed by atoms with Gasteiger partial charge < -0.3 is 4.74 Å². The van der Waals surface area contributed by atoms with Crippen LogP contribution in [0.25, 0.3) is 0 Å². The lowest BCUT2D eigenvalue weighted by molar-refractivity contribution is 0.274. The summed E-state index contributed by atoms with van der Waals surface area (Å²) in [4.78, 5) is 4.00. The van der Waals surface area contributed by atoms with E-state index < -0.39 is 0 Å². The molecule has 3 rings (SSSR count). The molecule has 2 heteroatoms. The van der Waals surface area contributed by atoms with Crippen LogP contribution in [0.4, 0.5) is 0 Å². The minimum Gasteiger partial charge on any atom is -0.493 e. The highest BCUT2D eigenvalue weighted by Gasteiger charge is 2.20. The van der Waals surface area contributed by atoms with E-state index in [-0.39, 0.29) is 0 Å². The van der Waals surface area contributed by atoms with Gasteiger partial charge in [-0.15, -0.1) is 0 Å². The van der Waals surface area contributed by atoms with Crippen LogP contribution in [0, 0.1) is 0 Å². The van der Waals surface area contributed by atoms with Gasteiger partial charge in [-0.3, -0.25) is 4.98 Å². The molecule has 0 N–H and O–H groups in total. The third-order valence-corrected chi connectivity index (χ3v) is 3.59. The van der Waals surface area contributed by atoms with Crippen molar-refractivity contribution in [2.75, 3.05) is 6.61 Å². The fraction of sp³-hybridized carbons (Fsp3) is 0.312. The number of aromatic nitrogens is 1. The molecule has 1 aromatic carbocycles. The first-order valence-corrected chi connectivity index (χ1v) is 6.54. The standard InChI is InChI=1S/C16H17NO/c1-2-7-16-13(4-1)5-3-6-14(16)12-18-15-8-10-17-11-9-15/h1-2,4,7-11,14H,3,5-6,12H2. The van der Waals surface area contributed by atoms with Gasteiger partial charge in [0.25, 0.3) is 0 Å². The molecule has 0 saturated carbocycles.